The Labute approximate surface area is 37.3 Å². The fraction of sp³-hybridized carbons (Fsp3) is 0.500. The molecule has 0 aliphatic carbocycles. The molecule has 1 atom stereocenters. The van der Waals surface area contributed by atoms with Crippen molar-refractivity contribution in [2.24, 2.45) is 5.73 Å². The molecule has 0 aliphatic rings. The second-order valence-electron chi connectivity index (χ2n) is 0.941. The molecule has 1 unspecified atom stereocenters. The van der Waals surface area contributed by atoms with Crippen molar-refractivity contribution < 1.29 is 4.74 Å². The molecule has 0 amide bonds. The molecule has 2 N–H and O–H groups in total. The maximum atomic E-state index is 5.04. The summed E-state index contributed by atoms with van der Waals surface area (Å²) in [5.74, 6) is 0. The van der Waals surface area contributed by atoms with Crippen LogP contribution in [0.3, 0.4) is 0 Å². The van der Waals surface area contributed by atoms with Crippen LogP contribution in [0.4, 0.5) is 0 Å². The van der Waals surface area contributed by atoms with Gasteiger partial charge in [0.15, 0.2) is 6.23 Å². The molecule has 0 aliphatic heterocycles. The highest BCUT2D eigenvalue weighted by Gasteiger charge is 1.81. The molecular weight excluding hydrogens is 78.0 g/mol. The van der Waals surface area contributed by atoms with Gasteiger partial charge in [0.25, 0.3) is 0 Å². The minimum absolute atomic E-state index is 0.338. The highest BCUT2D eigenvalue weighted by molar-refractivity contribution is 4.68. The Morgan fingerprint density at radius 1 is 2.00 bits per heavy atom. The van der Waals surface area contributed by atoms with Crippen molar-refractivity contribution in [1.29, 1.82) is 0 Å². The van der Waals surface area contributed by atoms with Gasteiger partial charge < -0.3 is 4.74 Å². The molecule has 2 nitrogen and oxygen atoms in total. The van der Waals surface area contributed by atoms with Crippen LogP contribution in [0, 0.1) is 12.5 Å². The van der Waals surface area contributed by atoms with E-state index in [4.69, 9.17) is 5.73 Å². The van der Waals surface area contributed by atoms with Gasteiger partial charge in [-0.2, -0.15) is 0 Å². The predicted octanol–water partition coefficient (Wildman–Crippen LogP) is -0.102. The van der Waals surface area contributed by atoms with Crippen LogP contribution in [0.15, 0.2) is 0 Å². The maximum Gasteiger partial charge on any atom is 0.156 e. The van der Waals surface area contributed by atoms with E-state index >= 15 is 0 Å². The Morgan fingerprint density at radius 2 is 2.50 bits per heavy atom. The summed E-state index contributed by atoms with van der Waals surface area (Å²) in [6.45, 7) is 1.67. The standard InChI is InChI=1S/C4H7NO/c1-3-6-4(2)5/h1,4H,5H2,2H3. The molecule has 0 fully saturated rings. The van der Waals surface area contributed by atoms with E-state index in [0.717, 1.165) is 0 Å². The molecule has 2 heteroatoms. The molecule has 0 saturated carbocycles. The van der Waals surface area contributed by atoms with Crippen molar-refractivity contribution >= 4 is 0 Å². The van der Waals surface area contributed by atoms with Gasteiger partial charge in [-0.25, -0.2) is 0 Å². The minimum atomic E-state index is -0.338. The van der Waals surface area contributed by atoms with E-state index in [2.05, 4.69) is 11.2 Å². The molecule has 0 aromatic carbocycles. The highest BCUT2D eigenvalue weighted by atomic mass is 16.5. The number of terminal acetylenes is 1. The third-order valence-corrected chi connectivity index (χ3v) is 0.254. The van der Waals surface area contributed by atoms with Gasteiger partial charge in [-0.3, -0.25) is 5.73 Å². The highest BCUT2D eigenvalue weighted by Crippen LogP contribution is 1.71. The lowest BCUT2D eigenvalue weighted by Gasteiger charge is -1.96. The van der Waals surface area contributed by atoms with Crippen molar-refractivity contribution in [3.05, 3.63) is 0 Å². The lowest BCUT2D eigenvalue weighted by atomic mass is 10.7. The fourth-order valence-electron chi connectivity index (χ4n) is 0.107. The van der Waals surface area contributed by atoms with Crippen LogP contribution in [-0.2, 0) is 4.74 Å². The number of hydrogen-bond acceptors (Lipinski definition) is 2. The summed E-state index contributed by atoms with van der Waals surface area (Å²) in [5, 5.41) is 0. The summed E-state index contributed by atoms with van der Waals surface area (Å²) < 4.78 is 4.35. The van der Waals surface area contributed by atoms with Crippen molar-refractivity contribution in [3.8, 4) is 12.5 Å². The summed E-state index contributed by atoms with van der Waals surface area (Å²) >= 11 is 0. The third-order valence-electron chi connectivity index (χ3n) is 0.254. The second kappa shape index (κ2) is 2.55. The lowest BCUT2D eigenvalue weighted by molar-refractivity contribution is 0.193. The molecule has 0 aromatic rings. The van der Waals surface area contributed by atoms with E-state index in [1.54, 1.807) is 6.92 Å². The van der Waals surface area contributed by atoms with Gasteiger partial charge >= 0.3 is 0 Å². The summed E-state index contributed by atoms with van der Waals surface area (Å²) in [6, 6.07) is 0. The van der Waals surface area contributed by atoms with Crippen LogP contribution in [0.5, 0.6) is 0 Å². The normalized spacial score (nSPS) is 12.2. The summed E-state index contributed by atoms with van der Waals surface area (Å²) in [7, 11) is 0. The second-order valence-corrected chi connectivity index (χ2v) is 0.941. The molecule has 0 heterocycles. The van der Waals surface area contributed by atoms with Gasteiger partial charge in [-0.05, 0) is 6.92 Å². The number of hydrogen-bond donors (Lipinski definition) is 1. The summed E-state index contributed by atoms with van der Waals surface area (Å²) in [6.07, 6.45) is 6.28. The molecule has 0 rings (SSSR count). The van der Waals surface area contributed by atoms with Crippen molar-refractivity contribution in [2.75, 3.05) is 0 Å². The van der Waals surface area contributed by atoms with Gasteiger partial charge in [0.05, 0.1) is 0 Å². The summed E-state index contributed by atoms with van der Waals surface area (Å²) in [5.41, 5.74) is 5.04. The Kier molecular flexibility index (Phi) is 2.26. The first-order valence-electron chi connectivity index (χ1n) is 1.64. The predicted molar refractivity (Wildman–Crippen MR) is 23.6 cm³/mol. The van der Waals surface area contributed by atoms with Crippen LogP contribution in [0.1, 0.15) is 6.92 Å². The molecule has 0 spiro atoms. The monoisotopic (exact) mass is 85.1 g/mol. The van der Waals surface area contributed by atoms with Gasteiger partial charge in [-0.1, -0.05) is 6.42 Å². The van der Waals surface area contributed by atoms with E-state index in [9.17, 15) is 0 Å². The zero-order chi connectivity index (χ0) is 4.99. The lowest BCUT2D eigenvalue weighted by Crippen LogP contribution is -2.15. The SMILES string of the molecule is C#COC(C)N. The van der Waals surface area contributed by atoms with Crippen molar-refractivity contribution in [2.45, 2.75) is 13.2 Å². The largest absolute Gasteiger partial charge is 0.428 e. The van der Waals surface area contributed by atoms with E-state index in [1.165, 1.54) is 0 Å². The Morgan fingerprint density at radius 3 is 2.50 bits per heavy atom. The molecule has 6 heavy (non-hydrogen) atoms. The zero-order valence-electron chi connectivity index (χ0n) is 3.64. The van der Waals surface area contributed by atoms with Gasteiger partial charge in [0.2, 0.25) is 0 Å². The topological polar surface area (TPSA) is 35.2 Å². The molecule has 0 aromatic heterocycles. The van der Waals surface area contributed by atoms with E-state index < -0.39 is 0 Å². The number of ether oxygens (including phenoxy) is 1. The van der Waals surface area contributed by atoms with Gasteiger partial charge in [0.1, 0.15) is 6.11 Å². The van der Waals surface area contributed by atoms with Gasteiger partial charge in [-0.15, -0.1) is 0 Å². The van der Waals surface area contributed by atoms with Crippen molar-refractivity contribution in [3.63, 3.8) is 0 Å². The average molecular weight is 85.1 g/mol. The first-order valence-corrected chi connectivity index (χ1v) is 1.64. The van der Waals surface area contributed by atoms with Crippen LogP contribution >= 0.6 is 0 Å². The first-order chi connectivity index (χ1) is 2.77. The molecule has 34 valence electrons. The van der Waals surface area contributed by atoms with Crippen LogP contribution in [-0.4, -0.2) is 6.23 Å². The molecule has 0 saturated heterocycles. The molecule has 0 bridgehead atoms. The first kappa shape index (κ1) is 5.32. The van der Waals surface area contributed by atoms with Crippen LogP contribution in [0.2, 0.25) is 0 Å². The smallest absolute Gasteiger partial charge is 0.156 e. The van der Waals surface area contributed by atoms with E-state index in [0.29, 0.717) is 0 Å². The van der Waals surface area contributed by atoms with Crippen LogP contribution < -0.4 is 5.73 Å². The molecular formula is C4H7NO. The third kappa shape index (κ3) is 3.32. The Balaban J connectivity index is 2.88. The number of nitrogens with two attached hydrogens (primary N) is 1. The Bertz CT molecular complexity index is 62.4. The fourth-order valence-corrected chi connectivity index (χ4v) is 0.107. The van der Waals surface area contributed by atoms with Crippen LogP contribution in [0.25, 0.3) is 0 Å². The quantitative estimate of drug-likeness (QED) is 0.356. The van der Waals surface area contributed by atoms with E-state index in [-0.39, 0.29) is 6.23 Å². The number of rotatable bonds is 1. The van der Waals surface area contributed by atoms with E-state index in [1.807, 2.05) is 6.11 Å². The Hall–Kier alpha value is -0.680. The minimum Gasteiger partial charge on any atom is -0.428 e. The molecule has 0 radical (unpaired) electrons. The van der Waals surface area contributed by atoms with Crippen molar-refractivity contribution in [1.82, 2.24) is 0 Å². The maximum absolute atomic E-state index is 5.04. The zero-order valence-corrected chi connectivity index (χ0v) is 3.64. The average Bonchev–Trinajstić information content (AvgIpc) is 1.35. The van der Waals surface area contributed by atoms with Gasteiger partial charge in [0, 0.05) is 0 Å². The summed E-state index contributed by atoms with van der Waals surface area (Å²) in [4.78, 5) is 0.